The van der Waals surface area contributed by atoms with Crippen LogP contribution < -0.4 is 5.73 Å². The lowest BCUT2D eigenvalue weighted by Gasteiger charge is -2.21. The van der Waals surface area contributed by atoms with Gasteiger partial charge in [-0.05, 0) is 44.5 Å². The summed E-state index contributed by atoms with van der Waals surface area (Å²) in [6.07, 6.45) is 0.803. The summed E-state index contributed by atoms with van der Waals surface area (Å²) in [5, 5.41) is 0. The molecule has 0 aliphatic carbocycles. The molecule has 0 saturated carbocycles. The molecule has 0 spiro atoms. The molecule has 2 rings (SSSR count). The summed E-state index contributed by atoms with van der Waals surface area (Å²) in [7, 11) is -1.97. The standard InChI is InChI=1S/C15H23N3O3S.ClH/c1-11(2)17(3)22(20,21)14-6-4-12(5-7-14)15(19)18-9-8-13(16)10-18;/h4-7,11,13H,8-10,16H2,1-3H3;1H/t13-;/m1./s1. The Kier molecular flexibility index (Phi) is 6.59. The number of likely N-dealkylation sites (tertiary alicyclic amines) is 1. The molecule has 1 aliphatic rings. The number of carbonyl (C=O) groups is 1. The second-order valence-corrected chi connectivity index (χ2v) is 7.94. The van der Waals surface area contributed by atoms with Gasteiger partial charge in [0.2, 0.25) is 10.0 Å². The Morgan fingerprint density at radius 2 is 1.87 bits per heavy atom. The molecular formula is C15H24ClN3O3S. The zero-order valence-corrected chi connectivity index (χ0v) is 15.2. The van der Waals surface area contributed by atoms with Crippen molar-refractivity contribution in [3.05, 3.63) is 29.8 Å². The smallest absolute Gasteiger partial charge is 0.253 e. The van der Waals surface area contributed by atoms with E-state index in [-0.39, 0.29) is 35.3 Å². The lowest BCUT2D eigenvalue weighted by molar-refractivity contribution is 0.0791. The molecule has 1 aliphatic heterocycles. The summed E-state index contributed by atoms with van der Waals surface area (Å²) < 4.78 is 26.0. The first-order valence-corrected chi connectivity index (χ1v) is 8.80. The second-order valence-electron chi connectivity index (χ2n) is 5.94. The first-order valence-electron chi connectivity index (χ1n) is 7.36. The van der Waals surface area contributed by atoms with E-state index in [1.807, 2.05) is 13.8 Å². The Morgan fingerprint density at radius 3 is 2.30 bits per heavy atom. The van der Waals surface area contributed by atoms with E-state index >= 15 is 0 Å². The first-order chi connectivity index (χ1) is 10.2. The molecule has 0 bridgehead atoms. The summed E-state index contributed by atoms with van der Waals surface area (Å²) in [6, 6.07) is 6.00. The van der Waals surface area contributed by atoms with E-state index in [1.54, 1.807) is 24.1 Å². The lowest BCUT2D eigenvalue weighted by atomic mass is 10.2. The number of carbonyl (C=O) groups excluding carboxylic acids is 1. The summed E-state index contributed by atoms with van der Waals surface area (Å²) in [4.78, 5) is 14.2. The number of halogens is 1. The van der Waals surface area contributed by atoms with Crippen molar-refractivity contribution in [3.63, 3.8) is 0 Å². The molecule has 130 valence electrons. The molecule has 1 saturated heterocycles. The van der Waals surface area contributed by atoms with Crippen LogP contribution in [0, 0.1) is 0 Å². The van der Waals surface area contributed by atoms with Gasteiger partial charge >= 0.3 is 0 Å². The Balaban J connectivity index is 0.00000264. The zero-order chi connectivity index (χ0) is 16.5. The third-order valence-corrected chi connectivity index (χ3v) is 6.07. The van der Waals surface area contributed by atoms with Crippen LogP contribution in [0.25, 0.3) is 0 Å². The molecule has 1 atom stereocenters. The van der Waals surface area contributed by atoms with Crippen LogP contribution >= 0.6 is 12.4 Å². The van der Waals surface area contributed by atoms with Crippen LogP contribution in [0.5, 0.6) is 0 Å². The van der Waals surface area contributed by atoms with Gasteiger partial charge in [-0.25, -0.2) is 8.42 Å². The molecule has 1 aromatic carbocycles. The van der Waals surface area contributed by atoms with Crippen LogP contribution in [0.15, 0.2) is 29.2 Å². The van der Waals surface area contributed by atoms with Crippen molar-refractivity contribution >= 4 is 28.3 Å². The Hall–Kier alpha value is -1.15. The summed E-state index contributed by atoms with van der Waals surface area (Å²) in [6.45, 7) is 4.82. The zero-order valence-electron chi connectivity index (χ0n) is 13.6. The van der Waals surface area contributed by atoms with Gasteiger partial charge in [-0.1, -0.05) is 0 Å². The van der Waals surface area contributed by atoms with Gasteiger partial charge in [0.25, 0.3) is 5.91 Å². The van der Waals surface area contributed by atoms with Crippen molar-refractivity contribution in [1.82, 2.24) is 9.21 Å². The minimum Gasteiger partial charge on any atom is -0.337 e. The van der Waals surface area contributed by atoms with E-state index in [2.05, 4.69) is 0 Å². The highest BCUT2D eigenvalue weighted by Crippen LogP contribution is 2.19. The van der Waals surface area contributed by atoms with E-state index < -0.39 is 10.0 Å². The maximum Gasteiger partial charge on any atom is 0.253 e. The predicted octanol–water partition coefficient (Wildman–Crippen LogP) is 1.31. The maximum absolute atomic E-state index is 12.4. The van der Waals surface area contributed by atoms with Crippen LogP contribution in [0.1, 0.15) is 30.6 Å². The van der Waals surface area contributed by atoms with Gasteiger partial charge in [0.1, 0.15) is 0 Å². The number of benzene rings is 1. The molecule has 6 nitrogen and oxygen atoms in total. The number of nitrogens with two attached hydrogens (primary N) is 1. The SMILES string of the molecule is CC(C)N(C)S(=O)(=O)c1ccc(C(=O)N2CC[C@@H](N)C2)cc1.Cl. The molecule has 1 heterocycles. The number of rotatable bonds is 4. The molecule has 8 heteroatoms. The van der Waals surface area contributed by atoms with E-state index in [9.17, 15) is 13.2 Å². The van der Waals surface area contributed by atoms with Crippen LogP contribution in [0.3, 0.4) is 0 Å². The van der Waals surface area contributed by atoms with Gasteiger partial charge in [-0.2, -0.15) is 4.31 Å². The molecule has 2 N–H and O–H groups in total. The minimum absolute atomic E-state index is 0. The number of nitrogens with zero attached hydrogens (tertiary/aromatic N) is 2. The average Bonchev–Trinajstić information content (AvgIpc) is 2.92. The van der Waals surface area contributed by atoms with Gasteiger partial charge in [0.05, 0.1) is 4.90 Å². The fourth-order valence-electron chi connectivity index (χ4n) is 2.37. The maximum atomic E-state index is 12.4. The van der Waals surface area contributed by atoms with Crippen molar-refractivity contribution in [2.75, 3.05) is 20.1 Å². The number of amides is 1. The van der Waals surface area contributed by atoms with Gasteiger partial charge in [0, 0.05) is 37.8 Å². The first kappa shape index (κ1) is 19.9. The summed E-state index contributed by atoms with van der Waals surface area (Å²) in [5.41, 5.74) is 6.29. The van der Waals surface area contributed by atoms with E-state index in [0.29, 0.717) is 18.7 Å². The van der Waals surface area contributed by atoms with Crippen LogP contribution in [-0.2, 0) is 10.0 Å². The van der Waals surface area contributed by atoms with Gasteiger partial charge in [0.15, 0.2) is 0 Å². The normalized spacial score (nSPS) is 18.3. The topological polar surface area (TPSA) is 83.7 Å². The van der Waals surface area contributed by atoms with Crippen molar-refractivity contribution in [1.29, 1.82) is 0 Å². The molecular weight excluding hydrogens is 338 g/mol. The highest BCUT2D eigenvalue weighted by Gasteiger charge is 2.26. The van der Waals surface area contributed by atoms with Gasteiger partial charge < -0.3 is 10.6 Å². The minimum atomic E-state index is -3.52. The molecule has 1 aromatic rings. The van der Waals surface area contributed by atoms with E-state index in [0.717, 1.165) is 6.42 Å². The second kappa shape index (κ2) is 7.61. The van der Waals surface area contributed by atoms with Crippen molar-refractivity contribution in [2.45, 2.75) is 37.2 Å². The lowest BCUT2D eigenvalue weighted by Crippen LogP contribution is -2.33. The number of hydrogen-bond donors (Lipinski definition) is 1. The molecule has 23 heavy (non-hydrogen) atoms. The fourth-order valence-corrected chi connectivity index (χ4v) is 3.74. The van der Waals surface area contributed by atoms with Gasteiger partial charge in [-0.3, -0.25) is 4.79 Å². The molecule has 1 amide bonds. The Labute approximate surface area is 144 Å². The third kappa shape index (κ3) is 4.23. The third-order valence-electron chi connectivity index (χ3n) is 4.02. The van der Waals surface area contributed by atoms with Gasteiger partial charge in [-0.15, -0.1) is 12.4 Å². The van der Waals surface area contributed by atoms with Crippen molar-refractivity contribution < 1.29 is 13.2 Å². The quantitative estimate of drug-likeness (QED) is 0.876. The van der Waals surface area contributed by atoms with Crippen molar-refractivity contribution in [2.24, 2.45) is 5.73 Å². The monoisotopic (exact) mass is 361 g/mol. The molecule has 0 radical (unpaired) electrons. The summed E-state index contributed by atoms with van der Waals surface area (Å²) in [5.74, 6) is -0.103. The van der Waals surface area contributed by atoms with E-state index in [4.69, 9.17) is 5.73 Å². The predicted molar refractivity (Wildman–Crippen MR) is 92.3 cm³/mol. The molecule has 0 aromatic heterocycles. The van der Waals surface area contributed by atoms with E-state index in [1.165, 1.54) is 16.4 Å². The van der Waals surface area contributed by atoms with Crippen LogP contribution in [0.4, 0.5) is 0 Å². The fraction of sp³-hybridized carbons (Fsp3) is 0.533. The van der Waals surface area contributed by atoms with Crippen molar-refractivity contribution in [3.8, 4) is 0 Å². The van der Waals surface area contributed by atoms with Crippen LogP contribution in [0.2, 0.25) is 0 Å². The molecule has 1 fully saturated rings. The largest absolute Gasteiger partial charge is 0.337 e. The molecule has 0 unspecified atom stereocenters. The number of sulfonamides is 1. The van der Waals surface area contributed by atoms with Crippen LogP contribution in [-0.4, -0.2) is 55.8 Å². The Morgan fingerprint density at radius 1 is 1.30 bits per heavy atom. The summed E-state index contributed by atoms with van der Waals surface area (Å²) >= 11 is 0. The number of hydrogen-bond acceptors (Lipinski definition) is 4. The average molecular weight is 362 g/mol. The highest BCUT2D eigenvalue weighted by atomic mass is 35.5. The highest BCUT2D eigenvalue weighted by molar-refractivity contribution is 7.89. The Bertz CT molecular complexity index is 646.